The first kappa shape index (κ1) is 17.0. The van der Waals surface area contributed by atoms with E-state index in [1.807, 2.05) is 41.3 Å². The number of piperazine rings is 1. The second-order valence-corrected chi connectivity index (χ2v) is 6.97. The molecular weight excluding hydrogens is 352 g/mol. The van der Waals surface area contributed by atoms with Crippen LogP contribution in [0.25, 0.3) is 0 Å². The zero-order valence-corrected chi connectivity index (χ0v) is 15.2. The molecule has 5 nitrogen and oxygen atoms in total. The standard InChI is InChI=1S/C20H21ClN2O3/c21-16-2-1-3-17(13-16)22-8-10-23(11-9-22)20(24)7-5-15-4-6-18-19(12-15)26-14-25-18/h1-4,6,12-13H,5,7-11,14H2. The van der Waals surface area contributed by atoms with Gasteiger partial charge in [0.2, 0.25) is 12.7 Å². The molecule has 4 rings (SSSR count). The number of carbonyl (C=O) groups is 1. The minimum atomic E-state index is 0.202. The molecule has 1 amide bonds. The number of nitrogens with zero attached hydrogens (tertiary/aromatic N) is 2. The Balaban J connectivity index is 1.28. The van der Waals surface area contributed by atoms with Gasteiger partial charge in [-0.15, -0.1) is 0 Å². The van der Waals surface area contributed by atoms with Crippen LogP contribution >= 0.6 is 11.6 Å². The molecule has 0 N–H and O–H groups in total. The molecule has 2 aliphatic heterocycles. The van der Waals surface area contributed by atoms with Crippen LogP contribution in [0.1, 0.15) is 12.0 Å². The van der Waals surface area contributed by atoms with Crippen LogP contribution in [0.15, 0.2) is 42.5 Å². The summed E-state index contributed by atoms with van der Waals surface area (Å²) in [4.78, 5) is 16.8. The summed E-state index contributed by atoms with van der Waals surface area (Å²) in [6.07, 6.45) is 1.22. The van der Waals surface area contributed by atoms with Crippen LogP contribution in [0, 0.1) is 0 Å². The van der Waals surface area contributed by atoms with Crippen LogP contribution in [0.4, 0.5) is 5.69 Å². The van der Waals surface area contributed by atoms with Crippen LogP contribution in [-0.4, -0.2) is 43.8 Å². The van der Waals surface area contributed by atoms with Crippen LogP contribution in [0.3, 0.4) is 0 Å². The summed E-state index contributed by atoms with van der Waals surface area (Å²) < 4.78 is 10.7. The van der Waals surface area contributed by atoms with E-state index in [4.69, 9.17) is 21.1 Å². The lowest BCUT2D eigenvalue weighted by Crippen LogP contribution is -2.48. The van der Waals surface area contributed by atoms with Crippen molar-refractivity contribution in [3.05, 3.63) is 53.1 Å². The third kappa shape index (κ3) is 3.73. The lowest BCUT2D eigenvalue weighted by molar-refractivity contribution is -0.131. The van der Waals surface area contributed by atoms with Gasteiger partial charge in [0, 0.05) is 43.3 Å². The van der Waals surface area contributed by atoms with E-state index in [-0.39, 0.29) is 12.7 Å². The molecule has 136 valence electrons. The van der Waals surface area contributed by atoms with Crippen molar-refractivity contribution in [3.8, 4) is 11.5 Å². The number of rotatable bonds is 4. The first-order valence-corrected chi connectivity index (χ1v) is 9.24. The molecular formula is C20H21ClN2O3. The molecule has 26 heavy (non-hydrogen) atoms. The van der Waals surface area contributed by atoms with Crippen molar-refractivity contribution >= 4 is 23.2 Å². The topological polar surface area (TPSA) is 42.0 Å². The van der Waals surface area contributed by atoms with Gasteiger partial charge >= 0.3 is 0 Å². The number of aryl methyl sites for hydroxylation is 1. The summed E-state index contributed by atoms with van der Waals surface area (Å²) in [5, 5.41) is 0.740. The molecule has 1 saturated heterocycles. The van der Waals surface area contributed by atoms with E-state index in [2.05, 4.69) is 11.0 Å². The Morgan fingerprint density at radius 1 is 1.00 bits per heavy atom. The Kier molecular flexibility index (Phi) is 4.89. The number of anilines is 1. The lowest BCUT2D eigenvalue weighted by atomic mass is 10.1. The fraction of sp³-hybridized carbons (Fsp3) is 0.350. The van der Waals surface area contributed by atoms with Gasteiger partial charge in [0.25, 0.3) is 0 Å². The summed E-state index contributed by atoms with van der Waals surface area (Å²) in [7, 11) is 0. The van der Waals surface area contributed by atoms with Crippen LogP contribution in [0.2, 0.25) is 5.02 Å². The van der Waals surface area contributed by atoms with Gasteiger partial charge in [-0.1, -0.05) is 23.7 Å². The second-order valence-electron chi connectivity index (χ2n) is 6.54. The largest absolute Gasteiger partial charge is 0.454 e. The van der Waals surface area contributed by atoms with Crippen LogP contribution < -0.4 is 14.4 Å². The molecule has 0 bridgehead atoms. The highest BCUT2D eigenvalue weighted by atomic mass is 35.5. The van der Waals surface area contributed by atoms with Crippen molar-refractivity contribution in [1.29, 1.82) is 0 Å². The lowest BCUT2D eigenvalue weighted by Gasteiger charge is -2.36. The second kappa shape index (κ2) is 7.46. The minimum absolute atomic E-state index is 0.202. The molecule has 0 aliphatic carbocycles. The van der Waals surface area contributed by atoms with Crippen molar-refractivity contribution in [1.82, 2.24) is 4.90 Å². The zero-order valence-electron chi connectivity index (χ0n) is 14.5. The number of ether oxygens (including phenoxy) is 2. The zero-order chi connectivity index (χ0) is 17.9. The average molecular weight is 373 g/mol. The number of fused-ring (bicyclic) bond motifs is 1. The predicted molar refractivity (Wildman–Crippen MR) is 101 cm³/mol. The minimum Gasteiger partial charge on any atom is -0.454 e. The van der Waals surface area contributed by atoms with E-state index in [0.29, 0.717) is 12.8 Å². The number of carbonyl (C=O) groups excluding carboxylic acids is 1. The fourth-order valence-electron chi connectivity index (χ4n) is 3.39. The van der Waals surface area contributed by atoms with Gasteiger partial charge in [0.1, 0.15) is 0 Å². The van der Waals surface area contributed by atoms with Gasteiger partial charge in [0.05, 0.1) is 0 Å². The van der Waals surface area contributed by atoms with Crippen molar-refractivity contribution in [2.45, 2.75) is 12.8 Å². The van der Waals surface area contributed by atoms with E-state index in [0.717, 1.165) is 54.0 Å². The predicted octanol–water partition coefficient (Wildman–Crippen LogP) is 3.35. The molecule has 2 aromatic carbocycles. The molecule has 2 heterocycles. The van der Waals surface area contributed by atoms with E-state index < -0.39 is 0 Å². The van der Waals surface area contributed by atoms with Gasteiger partial charge in [-0.05, 0) is 42.3 Å². The van der Waals surface area contributed by atoms with Crippen molar-refractivity contribution in [2.24, 2.45) is 0 Å². The highest BCUT2D eigenvalue weighted by molar-refractivity contribution is 6.30. The molecule has 1 fully saturated rings. The molecule has 0 aromatic heterocycles. The molecule has 0 saturated carbocycles. The first-order chi connectivity index (χ1) is 12.7. The number of hydrogen-bond acceptors (Lipinski definition) is 4. The van der Waals surface area contributed by atoms with E-state index in [1.165, 1.54) is 0 Å². The quantitative estimate of drug-likeness (QED) is 0.825. The maximum absolute atomic E-state index is 12.5. The molecule has 2 aliphatic rings. The summed E-state index contributed by atoms with van der Waals surface area (Å²) in [6, 6.07) is 13.7. The molecule has 6 heteroatoms. The summed E-state index contributed by atoms with van der Waals surface area (Å²) in [5.74, 6) is 1.75. The number of benzene rings is 2. The number of halogens is 1. The smallest absolute Gasteiger partial charge is 0.231 e. The molecule has 0 radical (unpaired) electrons. The van der Waals surface area contributed by atoms with Gasteiger partial charge in [-0.3, -0.25) is 4.79 Å². The molecule has 2 aromatic rings. The Morgan fingerprint density at radius 3 is 2.62 bits per heavy atom. The summed E-state index contributed by atoms with van der Waals surface area (Å²) in [6.45, 7) is 3.42. The average Bonchev–Trinajstić information content (AvgIpc) is 3.14. The van der Waals surface area contributed by atoms with Gasteiger partial charge in [-0.2, -0.15) is 0 Å². The molecule has 0 spiro atoms. The normalized spacial score (nSPS) is 16.0. The van der Waals surface area contributed by atoms with E-state index in [9.17, 15) is 4.79 Å². The van der Waals surface area contributed by atoms with Crippen molar-refractivity contribution < 1.29 is 14.3 Å². The molecule has 0 unspecified atom stereocenters. The van der Waals surface area contributed by atoms with E-state index in [1.54, 1.807) is 0 Å². The SMILES string of the molecule is O=C(CCc1ccc2c(c1)OCO2)N1CCN(c2cccc(Cl)c2)CC1. The maximum atomic E-state index is 12.5. The van der Waals surface area contributed by atoms with Crippen molar-refractivity contribution in [2.75, 3.05) is 37.9 Å². The Morgan fingerprint density at radius 2 is 1.81 bits per heavy atom. The monoisotopic (exact) mass is 372 g/mol. The third-order valence-corrected chi connectivity index (χ3v) is 5.11. The third-order valence-electron chi connectivity index (χ3n) is 4.87. The van der Waals surface area contributed by atoms with Gasteiger partial charge < -0.3 is 19.3 Å². The molecule has 0 atom stereocenters. The fourth-order valence-corrected chi connectivity index (χ4v) is 3.58. The summed E-state index contributed by atoms with van der Waals surface area (Å²) in [5.41, 5.74) is 2.21. The van der Waals surface area contributed by atoms with Gasteiger partial charge in [0.15, 0.2) is 11.5 Å². The van der Waals surface area contributed by atoms with Crippen LogP contribution in [0.5, 0.6) is 11.5 Å². The Hall–Kier alpha value is -2.40. The number of hydrogen-bond donors (Lipinski definition) is 0. The number of amides is 1. The van der Waals surface area contributed by atoms with E-state index >= 15 is 0 Å². The van der Waals surface area contributed by atoms with Gasteiger partial charge in [-0.25, -0.2) is 0 Å². The maximum Gasteiger partial charge on any atom is 0.231 e. The summed E-state index contributed by atoms with van der Waals surface area (Å²) >= 11 is 6.07. The van der Waals surface area contributed by atoms with Crippen LogP contribution in [-0.2, 0) is 11.2 Å². The Bertz CT molecular complexity index is 803. The first-order valence-electron chi connectivity index (χ1n) is 8.86. The Labute approximate surface area is 158 Å². The highest BCUT2D eigenvalue weighted by Crippen LogP contribution is 2.32. The highest BCUT2D eigenvalue weighted by Gasteiger charge is 2.21. The van der Waals surface area contributed by atoms with Crippen molar-refractivity contribution in [3.63, 3.8) is 0 Å².